The zero-order valence-corrected chi connectivity index (χ0v) is 17.2. The minimum atomic E-state index is -0.682. The molecule has 0 spiro atoms. The van der Waals surface area contributed by atoms with Gasteiger partial charge >= 0.3 is 5.76 Å². The highest BCUT2D eigenvalue weighted by molar-refractivity contribution is 6.31. The minimum Gasteiger partial charge on any atom is -0.336 e. The van der Waals surface area contributed by atoms with Crippen LogP contribution in [0, 0.1) is 0 Å². The maximum Gasteiger partial charge on any atom is 0.439 e. The number of H-pyrrole nitrogens is 1. The highest BCUT2D eigenvalue weighted by atomic mass is 35.5. The van der Waals surface area contributed by atoms with Crippen LogP contribution in [0.4, 0.5) is 5.69 Å². The van der Waals surface area contributed by atoms with Crippen molar-refractivity contribution in [2.24, 2.45) is 0 Å². The lowest BCUT2D eigenvalue weighted by Crippen LogP contribution is -2.18. The predicted molar refractivity (Wildman–Crippen MR) is 117 cm³/mol. The molecule has 0 bridgehead atoms. The van der Waals surface area contributed by atoms with Crippen LogP contribution >= 0.6 is 11.6 Å². The van der Waals surface area contributed by atoms with Crippen molar-refractivity contribution in [2.75, 3.05) is 5.32 Å². The molecule has 8 heteroatoms. The van der Waals surface area contributed by atoms with Crippen molar-refractivity contribution < 1.29 is 9.32 Å². The molecule has 0 atom stereocenters. The number of hydrogen-bond acceptors (Lipinski definition) is 4. The van der Waals surface area contributed by atoms with Gasteiger partial charge in [-0.05, 0) is 36.8 Å². The van der Waals surface area contributed by atoms with Gasteiger partial charge in [0.25, 0.3) is 5.91 Å². The van der Waals surface area contributed by atoms with Crippen LogP contribution in [-0.4, -0.2) is 20.6 Å². The summed E-state index contributed by atoms with van der Waals surface area (Å²) in [6, 6.07) is 14.8. The fourth-order valence-corrected chi connectivity index (χ4v) is 3.69. The molecule has 0 radical (unpaired) electrons. The number of halogens is 1. The van der Waals surface area contributed by atoms with E-state index >= 15 is 0 Å². The maximum absolute atomic E-state index is 13.2. The molecule has 4 aromatic rings. The molecule has 0 aliphatic carbocycles. The Kier molecular flexibility index (Phi) is 5.72. The number of carbonyl (C=O) groups excluding carboxylic acids is 1. The summed E-state index contributed by atoms with van der Waals surface area (Å²) >= 11 is 6.11. The number of nitrogens with one attached hydrogen (secondary N) is 2. The van der Waals surface area contributed by atoms with Crippen LogP contribution < -0.4 is 11.1 Å². The van der Waals surface area contributed by atoms with E-state index in [2.05, 4.69) is 26.9 Å². The van der Waals surface area contributed by atoms with Crippen LogP contribution in [0.1, 0.15) is 36.7 Å². The van der Waals surface area contributed by atoms with Crippen molar-refractivity contribution in [1.29, 1.82) is 0 Å². The van der Waals surface area contributed by atoms with E-state index in [4.69, 9.17) is 11.6 Å². The van der Waals surface area contributed by atoms with E-state index in [1.807, 2.05) is 34.9 Å². The van der Waals surface area contributed by atoms with Gasteiger partial charge in [0.1, 0.15) is 5.69 Å². The lowest BCUT2D eigenvalue weighted by molar-refractivity contribution is 0.101. The normalized spacial score (nSPS) is 11.1. The number of amides is 1. The van der Waals surface area contributed by atoms with Gasteiger partial charge in [0, 0.05) is 28.0 Å². The third-order valence-corrected chi connectivity index (χ3v) is 5.19. The Morgan fingerprint density at radius 3 is 2.80 bits per heavy atom. The Hall–Kier alpha value is -3.32. The molecular formula is C22H21ClN4O3. The number of unbranched alkanes of at least 4 members (excludes halogenated alkanes) is 2. The van der Waals surface area contributed by atoms with Crippen molar-refractivity contribution in [3.05, 3.63) is 69.8 Å². The van der Waals surface area contributed by atoms with Crippen molar-refractivity contribution in [2.45, 2.75) is 32.7 Å². The summed E-state index contributed by atoms with van der Waals surface area (Å²) in [6.45, 7) is 2.91. The average molecular weight is 425 g/mol. The third kappa shape index (κ3) is 4.02. The van der Waals surface area contributed by atoms with Gasteiger partial charge in [-0.1, -0.05) is 54.7 Å². The van der Waals surface area contributed by atoms with Crippen molar-refractivity contribution in [3.8, 4) is 11.4 Å². The number of anilines is 1. The van der Waals surface area contributed by atoms with Gasteiger partial charge in [0.05, 0.1) is 5.69 Å². The molecule has 0 saturated carbocycles. The smallest absolute Gasteiger partial charge is 0.336 e. The summed E-state index contributed by atoms with van der Waals surface area (Å²) in [6.07, 6.45) is 3.18. The quantitative estimate of drug-likeness (QED) is 0.404. The molecule has 4 rings (SSSR count). The number of aromatic nitrogens is 3. The minimum absolute atomic E-state index is 0.196. The fraction of sp³-hybridized carbons (Fsp3) is 0.227. The van der Waals surface area contributed by atoms with Gasteiger partial charge in [-0.2, -0.15) is 0 Å². The van der Waals surface area contributed by atoms with Crippen LogP contribution in [0.2, 0.25) is 5.02 Å². The van der Waals surface area contributed by atoms with Crippen molar-refractivity contribution >= 4 is 34.1 Å². The Labute approximate surface area is 177 Å². The Balaban J connectivity index is 1.70. The largest absolute Gasteiger partial charge is 0.439 e. The second-order valence-electron chi connectivity index (χ2n) is 7.03. The highest BCUT2D eigenvalue weighted by Gasteiger charge is 2.18. The topological polar surface area (TPSA) is 92.9 Å². The summed E-state index contributed by atoms with van der Waals surface area (Å²) in [5.41, 5.74) is 2.53. The van der Waals surface area contributed by atoms with E-state index in [0.717, 1.165) is 36.7 Å². The molecule has 2 heterocycles. The first-order chi connectivity index (χ1) is 14.6. The molecule has 2 aromatic heterocycles. The van der Waals surface area contributed by atoms with Gasteiger partial charge in [0.2, 0.25) is 0 Å². The summed E-state index contributed by atoms with van der Waals surface area (Å²) in [4.78, 5) is 27.1. The van der Waals surface area contributed by atoms with Crippen LogP contribution in [-0.2, 0) is 6.54 Å². The number of aryl methyl sites for hydroxylation is 1. The van der Waals surface area contributed by atoms with Gasteiger partial charge in [-0.15, -0.1) is 0 Å². The first-order valence-electron chi connectivity index (χ1n) is 9.82. The molecule has 30 heavy (non-hydrogen) atoms. The Bertz CT molecular complexity index is 1250. The highest BCUT2D eigenvalue weighted by Crippen LogP contribution is 2.29. The second kappa shape index (κ2) is 8.59. The van der Waals surface area contributed by atoms with Crippen LogP contribution in [0.25, 0.3) is 22.3 Å². The van der Waals surface area contributed by atoms with Gasteiger partial charge in [0.15, 0.2) is 5.82 Å². The SMILES string of the molecule is CCCCCn1c(C(=O)Nc2ccc(Cl)cc2-c2noc(=O)[nH]2)cc2ccccc21. The number of para-hydroxylation sites is 1. The summed E-state index contributed by atoms with van der Waals surface area (Å²) in [5.74, 6) is -0.739. The Morgan fingerprint density at radius 1 is 1.20 bits per heavy atom. The molecule has 1 amide bonds. The molecule has 2 aromatic carbocycles. The summed E-state index contributed by atoms with van der Waals surface area (Å²) in [5, 5.41) is 8.10. The predicted octanol–water partition coefficient (Wildman–Crippen LogP) is 5.08. The van der Waals surface area contributed by atoms with Crippen molar-refractivity contribution in [1.82, 2.24) is 14.7 Å². The number of benzene rings is 2. The standard InChI is InChI=1S/C22H21ClN4O3/c1-2-3-6-11-27-18-8-5-4-7-14(18)12-19(27)21(28)24-17-10-9-15(23)13-16(17)20-25-22(29)30-26-20/h4-5,7-10,12-13H,2-3,6,11H2,1H3,(H,24,28)(H,25,26,29). The molecule has 154 valence electrons. The number of hydrogen-bond donors (Lipinski definition) is 2. The maximum atomic E-state index is 13.2. The molecule has 0 unspecified atom stereocenters. The summed E-state index contributed by atoms with van der Waals surface area (Å²) < 4.78 is 6.65. The fourth-order valence-electron chi connectivity index (χ4n) is 3.51. The zero-order chi connectivity index (χ0) is 21.1. The van der Waals surface area contributed by atoms with E-state index < -0.39 is 5.76 Å². The Morgan fingerprint density at radius 2 is 2.03 bits per heavy atom. The second-order valence-corrected chi connectivity index (χ2v) is 7.47. The van der Waals surface area contributed by atoms with Crippen molar-refractivity contribution in [3.63, 3.8) is 0 Å². The third-order valence-electron chi connectivity index (χ3n) is 4.95. The van der Waals surface area contributed by atoms with Crippen LogP contribution in [0.3, 0.4) is 0 Å². The lowest BCUT2D eigenvalue weighted by Gasteiger charge is -2.13. The number of fused-ring (bicyclic) bond motifs is 1. The molecule has 0 fully saturated rings. The molecule has 7 nitrogen and oxygen atoms in total. The number of carbonyl (C=O) groups is 1. The van der Waals surface area contributed by atoms with E-state index in [-0.39, 0.29) is 11.7 Å². The monoisotopic (exact) mass is 424 g/mol. The molecule has 0 aliphatic rings. The molecular weight excluding hydrogens is 404 g/mol. The molecule has 0 aliphatic heterocycles. The average Bonchev–Trinajstić information content (AvgIpc) is 3.33. The summed E-state index contributed by atoms with van der Waals surface area (Å²) in [7, 11) is 0. The number of rotatable bonds is 7. The van der Waals surface area contributed by atoms with Gasteiger partial charge in [-0.25, -0.2) is 4.79 Å². The zero-order valence-electron chi connectivity index (χ0n) is 16.4. The van der Waals surface area contributed by atoms with Crippen LogP contribution in [0.5, 0.6) is 0 Å². The van der Waals surface area contributed by atoms with Gasteiger partial charge < -0.3 is 9.88 Å². The first kappa shape index (κ1) is 20.0. The van der Waals surface area contributed by atoms with E-state index in [0.29, 0.717) is 22.0 Å². The number of aromatic amines is 1. The molecule has 2 N–H and O–H groups in total. The lowest BCUT2D eigenvalue weighted by atomic mass is 10.1. The van der Waals surface area contributed by atoms with Crippen LogP contribution in [0.15, 0.2) is 57.8 Å². The van der Waals surface area contributed by atoms with Gasteiger partial charge in [-0.3, -0.25) is 14.3 Å². The first-order valence-corrected chi connectivity index (χ1v) is 10.2. The van der Waals surface area contributed by atoms with E-state index in [1.54, 1.807) is 18.2 Å². The van der Waals surface area contributed by atoms with E-state index in [9.17, 15) is 9.59 Å². The molecule has 0 saturated heterocycles. The van der Waals surface area contributed by atoms with E-state index in [1.165, 1.54) is 0 Å². The number of nitrogens with zero attached hydrogens (tertiary/aromatic N) is 2.